The number of nitrogens with zero attached hydrogens (tertiary/aromatic N) is 1. The van der Waals surface area contributed by atoms with Crippen LogP contribution in [-0.2, 0) is 4.79 Å². The van der Waals surface area contributed by atoms with Crippen molar-refractivity contribution in [1.82, 2.24) is 10.2 Å². The molecule has 1 saturated heterocycles. The summed E-state index contributed by atoms with van der Waals surface area (Å²) in [5.41, 5.74) is 0. The summed E-state index contributed by atoms with van der Waals surface area (Å²) >= 11 is 0. The summed E-state index contributed by atoms with van der Waals surface area (Å²) in [6, 6.07) is 0.186. The smallest absolute Gasteiger partial charge is 0.317 e. The molecular formula is C15H28N2O3. The molecule has 2 amide bonds. The fourth-order valence-corrected chi connectivity index (χ4v) is 2.92. The Kier molecular flexibility index (Phi) is 6.30. The highest BCUT2D eigenvalue weighted by atomic mass is 16.4. The van der Waals surface area contributed by atoms with Crippen molar-refractivity contribution in [3.05, 3.63) is 0 Å². The third-order valence-electron chi connectivity index (χ3n) is 4.44. The Balaban J connectivity index is 2.50. The molecule has 2 N–H and O–H groups in total. The van der Waals surface area contributed by atoms with Crippen LogP contribution in [0.15, 0.2) is 0 Å². The number of piperidine rings is 1. The monoisotopic (exact) mass is 284 g/mol. The van der Waals surface area contributed by atoms with Gasteiger partial charge in [0.2, 0.25) is 0 Å². The number of hydrogen-bond acceptors (Lipinski definition) is 2. The lowest BCUT2D eigenvalue weighted by atomic mass is 9.86. The molecule has 5 nitrogen and oxygen atoms in total. The molecule has 20 heavy (non-hydrogen) atoms. The number of carbonyl (C=O) groups excluding carboxylic acids is 1. The molecule has 1 heterocycles. The third kappa shape index (κ3) is 4.69. The Morgan fingerprint density at radius 2 is 2.00 bits per heavy atom. The molecule has 0 spiro atoms. The van der Waals surface area contributed by atoms with Crippen LogP contribution in [0, 0.1) is 17.8 Å². The molecule has 1 rings (SSSR count). The van der Waals surface area contributed by atoms with Crippen molar-refractivity contribution in [3.8, 4) is 0 Å². The molecule has 116 valence electrons. The fourth-order valence-electron chi connectivity index (χ4n) is 2.92. The molecule has 0 aromatic rings. The Bertz CT molecular complexity index is 346. The van der Waals surface area contributed by atoms with Gasteiger partial charge < -0.3 is 15.3 Å². The summed E-state index contributed by atoms with van der Waals surface area (Å²) in [5, 5.41) is 11.7. The highest BCUT2D eigenvalue weighted by molar-refractivity contribution is 5.75. The summed E-state index contributed by atoms with van der Waals surface area (Å²) in [5.74, 6) is 0.226. The van der Waals surface area contributed by atoms with Gasteiger partial charge in [-0.2, -0.15) is 0 Å². The van der Waals surface area contributed by atoms with Crippen molar-refractivity contribution >= 4 is 12.0 Å². The minimum Gasteiger partial charge on any atom is -0.481 e. The predicted octanol–water partition coefficient (Wildman–Crippen LogP) is 2.56. The lowest BCUT2D eigenvalue weighted by Crippen LogP contribution is -2.53. The van der Waals surface area contributed by atoms with Gasteiger partial charge in [-0.25, -0.2) is 4.79 Å². The van der Waals surface area contributed by atoms with E-state index in [1.165, 1.54) is 0 Å². The van der Waals surface area contributed by atoms with Crippen LogP contribution in [0.4, 0.5) is 4.79 Å². The predicted molar refractivity (Wildman–Crippen MR) is 78.5 cm³/mol. The van der Waals surface area contributed by atoms with Crippen molar-refractivity contribution in [1.29, 1.82) is 0 Å². The minimum absolute atomic E-state index is 0.00592. The molecule has 0 radical (unpaired) electrons. The second kappa shape index (κ2) is 7.50. The number of nitrogens with one attached hydrogen (secondary N) is 1. The van der Waals surface area contributed by atoms with Crippen molar-refractivity contribution in [3.63, 3.8) is 0 Å². The van der Waals surface area contributed by atoms with E-state index in [1.54, 1.807) is 0 Å². The highest BCUT2D eigenvalue weighted by Gasteiger charge is 2.31. The number of carboxylic acids is 1. The second-order valence-electron chi connectivity index (χ2n) is 6.27. The number of likely N-dealkylation sites (tertiary alicyclic amines) is 1. The van der Waals surface area contributed by atoms with Crippen molar-refractivity contribution < 1.29 is 14.7 Å². The highest BCUT2D eigenvalue weighted by Crippen LogP contribution is 2.26. The van der Waals surface area contributed by atoms with Crippen LogP contribution < -0.4 is 5.32 Å². The number of hydrogen-bond donors (Lipinski definition) is 2. The van der Waals surface area contributed by atoms with Crippen LogP contribution in [-0.4, -0.2) is 41.1 Å². The topological polar surface area (TPSA) is 69.6 Å². The average molecular weight is 284 g/mol. The van der Waals surface area contributed by atoms with Crippen LogP contribution in [0.5, 0.6) is 0 Å². The normalized spacial score (nSPS) is 28.0. The molecule has 4 atom stereocenters. The molecular weight excluding hydrogens is 256 g/mol. The second-order valence-corrected chi connectivity index (χ2v) is 6.27. The van der Waals surface area contributed by atoms with E-state index in [2.05, 4.69) is 26.1 Å². The van der Waals surface area contributed by atoms with Crippen LogP contribution in [0.3, 0.4) is 0 Å². The summed E-state index contributed by atoms with van der Waals surface area (Å²) in [6.45, 7) is 9.61. The largest absolute Gasteiger partial charge is 0.481 e. The maximum absolute atomic E-state index is 12.3. The zero-order valence-electron chi connectivity index (χ0n) is 13.1. The van der Waals surface area contributed by atoms with Gasteiger partial charge >= 0.3 is 12.0 Å². The van der Waals surface area contributed by atoms with Crippen LogP contribution >= 0.6 is 0 Å². The number of aliphatic carboxylic acids is 1. The van der Waals surface area contributed by atoms with Crippen molar-refractivity contribution in [2.75, 3.05) is 13.1 Å². The average Bonchev–Trinajstić information content (AvgIpc) is 2.37. The first-order valence-electron chi connectivity index (χ1n) is 7.61. The Hall–Kier alpha value is -1.26. The van der Waals surface area contributed by atoms with Gasteiger partial charge in [0, 0.05) is 25.6 Å². The Morgan fingerprint density at radius 1 is 1.35 bits per heavy atom. The SMILES string of the molecule is CCC(CNC(=O)N1CC(C)CC(C)C1C)CC(=O)O. The van der Waals surface area contributed by atoms with Gasteiger partial charge in [0.25, 0.3) is 0 Å². The summed E-state index contributed by atoms with van der Waals surface area (Å²) in [4.78, 5) is 24.9. The van der Waals surface area contributed by atoms with E-state index < -0.39 is 5.97 Å². The van der Waals surface area contributed by atoms with E-state index in [9.17, 15) is 9.59 Å². The van der Waals surface area contributed by atoms with E-state index in [0.717, 1.165) is 19.4 Å². The summed E-state index contributed by atoms with van der Waals surface area (Å²) in [7, 11) is 0. The molecule has 4 unspecified atom stereocenters. The number of carboxylic acid groups (broad SMARTS) is 1. The summed E-state index contributed by atoms with van der Waals surface area (Å²) in [6.07, 6.45) is 2.02. The van der Waals surface area contributed by atoms with Gasteiger partial charge in [0.1, 0.15) is 0 Å². The number of urea groups is 1. The molecule has 0 saturated carbocycles. The van der Waals surface area contributed by atoms with E-state index in [1.807, 2.05) is 11.8 Å². The van der Waals surface area contributed by atoms with Gasteiger partial charge in [-0.1, -0.05) is 27.2 Å². The number of amides is 2. The fraction of sp³-hybridized carbons (Fsp3) is 0.867. The van der Waals surface area contributed by atoms with E-state index in [-0.39, 0.29) is 24.4 Å². The first-order valence-corrected chi connectivity index (χ1v) is 7.61. The van der Waals surface area contributed by atoms with E-state index in [0.29, 0.717) is 18.4 Å². The van der Waals surface area contributed by atoms with Gasteiger partial charge in [-0.05, 0) is 31.1 Å². The number of rotatable bonds is 5. The quantitative estimate of drug-likeness (QED) is 0.815. The Labute approximate surface area is 121 Å². The molecule has 1 aliphatic heterocycles. The molecule has 0 bridgehead atoms. The van der Waals surface area contributed by atoms with Crippen molar-refractivity contribution in [2.45, 2.75) is 53.0 Å². The van der Waals surface area contributed by atoms with E-state index in [4.69, 9.17) is 5.11 Å². The standard InChI is InChI=1S/C15H28N2O3/c1-5-13(7-14(18)19)8-16-15(20)17-9-10(2)6-11(3)12(17)4/h10-13H,5-9H2,1-4H3,(H,16,20)(H,18,19). The maximum atomic E-state index is 12.3. The zero-order valence-corrected chi connectivity index (χ0v) is 13.1. The molecule has 0 aromatic carbocycles. The van der Waals surface area contributed by atoms with Gasteiger partial charge in [0.15, 0.2) is 0 Å². The molecule has 1 aliphatic rings. The molecule has 1 fully saturated rings. The van der Waals surface area contributed by atoms with Crippen molar-refractivity contribution in [2.24, 2.45) is 17.8 Å². The maximum Gasteiger partial charge on any atom is 0.317 e. The lowest BCUT2D eigenvalue weighted by Gasteiger charge is -2.41. The van der Waals surface area contributed by atoms with E-state index >= 15 is 0 Å². The third-order valence-corrected chi connectivity index (χ3v) is 4.44. The first kappa shape index (κ1) is 16.8. The van der Waals surface area contributed by atoms with Crippen LogP contribution in [0.1, 0.15) is 47.0 Å². The summed E-state index contributed by atoms with van der Waals surface area (Å²) < 4.78 is 0. The molecule has 5 heteroatoms. The zero-order chi connectivity index (χ0) is 15.3. The number of carbonyl (C=O) groups is 2. The van der Waals surface area contributed by atoms with Crippen LogP contribution in [0.2, 0.25) is 0 Å². The lowest BCUT2D eigenvalue weighted by molar-refractivity contribution is -0.138. The van der Waals surface area contributed by atoms with Crippen LogP contribution in [0.25, 0.3) is 0 Å². The minimum atomic E-state index is -0.806. The van der Waals surface area contributed by atoms with Gasteiger partial charge in [0.05, 0.1) is 0 Å². The Morgan fingerprint density at radius 3 is 2.55 bits per heavy atom. The molecule has 0 aliphatic carbocycles. The van der Waals surface area contributed by atoms with Gasteiger partial charge in [-0.15, -0.1) is 0 Å². The first-order chi connectivity index (χ1) is 9.35. The molecule has 0 aromatic heterocycles. The van der Waals surface area contributed by atoms with Gasteiger partial charge in [-0.3, -0.25) is 4.79 Å².